The first-order chi connectivity index (χ1) is 6.97. The average molecular weight is 229 g/mol. The molecule has 0 atom stereocenters. The van der Waals surface area contributed by atoms with E-state index in [-0.39, 0.29) is 5.97 Å². The molecule has 1 aromatic heterocycles. The van der Waals surface area contributed by atoms with Gasteiger partial charge in [0.25, 0.3) is 5.22 Å². The van der Waals surface area contributed by atoms with Crippen LogP contribution >= 0.6 is 11.8 Å². The highest BCUT2D eigenvalue weighted by atomic mass is 32.2. The van der Waals surface area contributed by atoms with E-state index in [4.69, 9.17) is 9.15 Å². The first-order valence-electron chi connectivity index (χ1n) is 4.71. The molecule has 84 valence electrons. The van der Waals surface area contributed by atoms with Crippen molar-refractivity contribution < 1.29 is 13.9 Å². The Hall–Kier alpha value is -0.970. The van der Waals surface area contributed by atoms with Crippen LogP contribution in [-0.2, 0) is 9.53 Å². The van der Waals surface area contributed by atoms with Gasteiger partial charge in [0, 0.05) is 5.75 Å². The maximum absolute atomic E-state index is 11.3. The minimum Gasteiger partial charge on any atom is -0.460 e. The van der Waals surface area contributed by atoms with Gasteiger partial charge in [0.05, 0.1) is 12.6 Å². The number of carbonyl (C=O) groups excluding carboxylic acids is 1. The van der Waals surface area contributed by atoms with Gasteiger partial charge < -0.3 is 9.15 Å². The van der Waals surface area contributed by atoms with Gasteiger partial charge in [0.1, 0.15) is 11.9 Å². The van der Waals surface area contributed by atoms with Crippen LogP contribution in [0.2, 0.25) is 0 Å². The lowest BCUT2D eigenvalue weighted by Crippen LogP contribution is -2.23. The Kier molecular flexibility index (Phi) is 4.20. The molecule has 1 heterocycles. The molecule has 0 aliphatic heterocycles. The number of rotatable bonds is 4. The molecular formula is C10H15NO3S. The van der Waals surface area contributed by atoms with Crippen LogP contribution in [0.4, 0.5) is 0 Å². The highest BCUT2D eigenvalue weighted by molar-refractivity contribution is 7.99. The summed E-state index contributed by atoms with van der Waals surface area (Å²) >= 11 is 1.40. The molecular weight excluding hydrogens is 214 g/mol. The lowest BCUT2D eigenvalue weighted by Gasteiger charge is -2.19. The molecule has 1 rings (SSSR count). The number of nitrogens with zero attached hydrogens (tertiary/aromatic N) is 1. The molecule has 5 heteroatoms. The molecule has 0 radical (unpaired) electrons. The SMILES string of the molecule is CC(C)(C)OC(=O)CCSc1ncco1. The quantitative estimate of drug-likeness (QED) is 0.586. The fourth-order valence-corrected chi connectivity index (χ4v) is 1.60. The average Bonchev–Trinajstić information content (AvgIpc) is 2.53. The number of hydrogen-bond acceptors (Lipinski definition) is 5. The van der Waals surface area contributed by atoms with E-state index in [9.17, 15) is 4.79 Å². The predicted molar refractivity (Wildman–Crippen MR) is 57.7 cm³/mol. The van der Waals surface area contributed by atoms with Crippen LogP contribution in [0, 0.1) is 0 Å². The summed E-state index contributed by atoms with van der Waals surface area (Å²) in [4.78, 5) is 15.2. The Bertz CT molecular complexity index is 303. The van der Waals surface area contributed by atoms with Crippen molar-refractivity contribution in [3.63, 3.8) is 0 Å². The molecule has 0 N–H and O–H groups in total. The van der Waals surface area contributed by atoms with E-state index in [0.29, 0.717) is 17.4 Å². The Morgan fingerprint density at radius 1 is 1.60 bits per heavy atom. The fourth-order valence-electron chi connectivity index (χ4n) is 0.896. The van der Waals surface area contributed by atoms with E-state index in [1.165, 1.54) is 18.0 Å². The van der Waals surface area contributed by atoms with Gasteiger partial charge in [0.2, 0.25) is 0 Å². The van der Waals surface area contributed by atoms with Crippen LogP contribution in [0.25, 0.3) is 0 Å². The minimum absolute atomic E-state index is 0.193. The van der Waals surface area contributed by atoms with Crippen LogP contribution in [-0.4, -0.2) is 22.3 Å². The highest BCUT2D eigenvalue weighted by Gasteiger charge is 2.15. The van der Waals surface area contributed by atoms with E-state index in [1.807, 2.05) is 20.8 Å². The van der Waals surface area contributed by atoms with Gasteiger partial charge in [-0.25, -0.2) is 4.98 Å². The van der Waals surface area contributed by atoms with Crippen LogP contribution in [0.5, 0.6) is 0 Å². The number of hydrogen-bond donors (Lipinski definition) is 0. The smallest absolute Gasteiger partial charge is 0.307 e. The summed E-state index contributed by atoms with van der Waals surface area (Å²) in [6.45, 7) is 5.56. The molecule has 15 heavy (non-hydrogen) atoms. The summed E-state index contributed by atoms with van der Waals surface area (Å²) in [6.07, 6.45) is 3.45. The van der Waals surface area contributed by atoms with Gasteiger partial charge in [-0.3, -0.25) is 4.79 Å². The maximum Gasteiger partial charge on any atom is 0.307 e. The predicted octanol–water partition coefficient (Wildman–Crippen LogP) is 2.50. The largest absolute Gasteiger partial charge is 0.460 e. The fraction of sp³-hybridized carbons (Fsp3) is 0.600. The molecule has 4 nitrogen and oxygen atoms in total. The Labute approximate surface area is 93.4 Å². The van der Waals surface area contributed by atoms with Crippen LogP contribution < -0.4 is 0 Å². The maximum atomic E-state index is 11.3. The third-order valence-electron chi connectivity index (χ3n) is 1.36. The zero-order valence-electron chi connectivity index (χ0n) is 9.15. The Balaban J connectivity index is 2.18. The summed E-state index contributed by atoms with van der Waals surface area (Å²) < 4.78 is 10.2. The van der Waals surface area contributed by atoms with E-state index in [2.05, 4.69) is 4.98 Å². The zero-order chi connectivity index (χ0) is 11.3. The molecule has 0 bridgehead atoms. The van der Waals surface area contributed by atoms with Crippen molar-refractivity contribution in [2.45, 2.75) is 38.0 Å². The number of oxazole rings is 1. The third kappa shape index (κ3) is 5.47. The second-order valence-corrected chi connectivity index (χ2v) is 5.03. The molecule has 0 aliphatic rings. The second-order valence-electron chi connectivity index (χ2n) is 3.98. The molecule has 0 amide bonds. The number of thioether (sulfide) groups is 1. The van der Waals surface area contributed by atoms with Crippen molar-refractivity contribution in [3.8, 4) is 0 Å². The van der Waals surface area contributed by atoms with Gasteiger partial charge in [-0.15, -0.1) is 0 Å². The number of carbonyl (C=O) groups is 1. The normalized spacial score (nSPS) is 11.4. The summed E-state index contributed by atoms with van der Waals surface area (Å²) in [5.41, 5.74) is -0.412. The summed E-state index contributed by atoms with van der Waals surface area (Å²) in [7, 11) is 0. The summed E-state index contributed by atoms with van der Waals surface area (Å²) in [5, 5.41) is 0.582. The number of aromatic nitrogens is 1. The number of ether oxygens (including phenoxy) is 1. The highest BCUT2D eigenvalue weighted by Crippen LogP contribution is 2.16. The molecule has 0 unspecified atom stereocenters. The first kappa shape index (κ1) is 12.1. The monoisotopic (exact) mass is 229 g/mol. The van der Waals surface area contributed by atoms with Crippen molar-refractivity contribution in [2.75, 3.05) is 5.75 Å². The van der Waals surface area contributed by atoms with Gasteiger partial charge in [-0.05, 0) is 20.8 Å². The molecule has 0 fully saturated rings. The third-order valence-corrected chi connectivity index (χ3v) is 2.22. The van der Waals surface area contributed by atoms with E-state index in [1.54, 1.807) is 6.20 Å². The van der Waals surface area contributed by atoms with E-state index < -0.39 is 5.60 Å². The molecule has 0 saturated carbocycles. The Morgan fingerprint density at radius 3 is 2.87 bits per heavy atom. The van der Waals surface area contributed by atoms with Crippen LogP contribution in [0.1, 0.15) is 27.2 Å². The van der Waals surface area contributed by atoms with Gasteiger partial charge in [-0.2, -0.15) is 0 Å². The van der Waals surface area contributed by atoms with Crippen LogP contribution in [0.15, 0.2) is 22.1 Å². The lowest BCUT2D eigenvalue weighted by molar-refractivity contribution is -0.154. The van der Waals surface area contributed by atoms with Gasteiger partial charge >= 0.3 is 5.97 Å². The molecule has 0 saturated heterocycles. The van der Waals surface area contributed by atoms with Crippen LogP contribution in [0.3, 0.4) is 0 Å². The number of esters is 1. The second kappa shape index (κ2) is 5.21. The van der Waals surface area contributed by atoms with Gasteiger partial charge in [0.15, 0.2) is 0 Å². The van der Waals surface area contributed by atoms with Crippen molar-refractivity contribution in [1.29, 1.82) is 0 Å². The first-order valence-corrected chi connectivity index (χ1v) is 5.70. The standard InChI is InChI=1S/C10H15NO3S/c1-10(2,3)14-8(12)4-7-15-9-11-5-6-13-9/h5-6H,4,7H2,1-3H3. The van der Waals surface area contributed by atoms with E-state index >= 15 is 0 Å². The van der Waals surface area contributed by atoms with Crippen molar-refractivity contribution >= 4 is 17.7 Å². The molecule has 1 aromatic rings. The van der Waals surface area contributed by atoms with Gasteiger partial charge in [-0.1, -0.05) is 11.8 Å². The van der Waals surface area contributed by atoms with Crippen molar-refractivity contribution in [1.82, 2.24) is 4.98 Å². The minimum atomic E-state index is -0.412. The summed E-state index contributed by atoms with van der Waals surface area (Å²) in [6, 6.07) is 0. The topological polar surface area (TPSA) is 52.3 Å². The molecule has 0 spiro atoms. The zero-order valence-corrected chi connectivity index (χ0v) is 9.97. The van der Waals surface area contributed by atoms with Crippen molar-refractivity contribution in [2.24, 2.45) is 0 Å². The summed E-state index contributed by atoms with van der Waals surface area (Å²) in [5.74, 6) is 0.427. The molecule has 0 aromatic carbocycles. The molecule has 0 aliphatic carbocycles. The Morgan fingerprint density at radius 2 is 2.33 bits per heavy atom. The van der Waals surface area contributed by atoms with E-state index in [0.717, 1.165) is 0 Å². The lowest BCUT2D eigenvalue weighted by atomic mass is 10.2. The van der Waals surface area contributed by atoms with Crippen molar-refractivity contribution in [3.05, 3.63) is 12.5 Å².